The van der Waals surface area contributed by atoms with Crippen molar-refractivity contribution in [1.82, 2.24) is 14.8 Å². The first kappa shape index (κ1) is 18.3. The SMILES string of the molecule is CCC1(O)CCC(n2nc(-c3ccc(SN)cc3)c3c(=O)[nH]ccc32)CC1. The van der Waals surface area contributed by atoms with Gasteiger partial charge in [0, 0.05) is 16.7 Å². The van der Waals surface area contributed by atoms with E-state index in [2.05, 4.69) is 4.98 Å². The van der Waals surface area contributed by atoms with E-state index in [4.69, 9.17) is 10.2 Å². The number of nitrogens with zero attached hydrogens (tertiary/aromatic N) is 2. The molecule has 0 spiro atoms. The van der Waals surface area contributed by atoms with Crippen LogP contribution in [0.3, 0.4) is 0 Å². The smallest absolute Gasteiger partial charge is 0.259 e. The van der Waals surface area contributed by atoms with Gasteiger partial charge in [-0.1, -0.05) is 19.1 Å². The van der Waals surface area contributed by atoms with Gasteiger partial charge >= 0.3 is 0 Å². The number of nitrogens with one attached hydrogen (secondary N) is 1. The maximum absolute atomic E-state index is 12.6. The van der Waals surface area contributed by atoms with E-state index >= 15 is 0 Å². The van der Waals surface area contributed by atoms with Crippen LogP contribution in [0, 0.1) is 0 Å². The van der Waals surface area contributed by atoms with Crippen molar-refractivity contribution in [3.63, 3.8) is 0 Å². The molecule has 1 aliphatic rings. The van der Waals surface area contributed by atoms with Crippen LogP contribution in [0.15, 0.2) is 46.2 Å². The van der Waals surface area contributed by atoms with Gasteiger partial charge in [0.15, 0.2) is 0 Å². The molecule has 1 aromatic carbocycles. The van der Waals surface area contributed by atoms with E-state index in [-0.39, 0.29) is 11.6 Å². The van der Waals surface area contributed by atoms with Crippen LogP contribution in [-0.2, 0) is 0 Å². The van der Waals surface area contributed by atoms with Crippen molar-refractivity contribution in [2.45, 2.75) is 55.6 Å². The van der Waals surface area contributed by atoms with Gasteiger partial charge in [-0.05, 0) is 62.3 Å². The summed E-state index contributed by atoms with van der Waals surface area (Å²) in [6, 6.07) is 9.87. The van der Waals surface area contributed by atoms with Crippen molar-refractivity contribution in [1.29, 1.82) is 0 Å². The third kappa shape index (κ3) is 3.31. The standard InChI is InChI=1S/C20H24N4O2S/c1-2-20(26)10-7-14(8-11-20)24-16-9-12-22-19(25)17(16)18(23-24)13-3-5-15(27-21)6-4-13/h3-6,9,12,14,26H,2,7-8,10-11,21H2,1H3,(H,22,25). The van der Waals surface area contributed by atoms with Crippen LogP contribution in [0.4, 0.5) is 0 Å². The second-order valence-electron chi connectivity index (χ2n) is 7.31. The normalized spacial score (nSPS) is 23.0. The maximum Gasteiger partial charge on any atom is 0.259 e. The van der Waals surface area contributed by atoms with Gasteiger partial charge in [0.25, 0.3) is 5.56 Å². The van der Waals surface area contributed by atoms with Crippen molar-refractivity contribution in [2.75, 3.05) is 0 Å². The summed E-state index contributed by atoms with van der Waals surface area (Å²) in [5, 5.41) is 21.6. The molecule has 1 saturated carbocycles. The lowest BCUT2D eigenvalue weighted by atomic mass is 9.80. The monoisotopic (exact) mass is 384 g/mol. The zero-order valence-electron chi connectivity index (χ0n) is 15.3. The fourth-order valence-electron chi connectivity index (χ4n) is 4.01. The topological polar surface area (TPSA) is 96.9 Å². The number of hydrogen-bond acceptors (Lipinski definition) is 5. The van der Waals surface area contributed by atoms with Crippen LogP contribution < -0.4 is 10.7 Å². The van der Waals surface area contributed by atoms with Crippen LogP contribution in [-0.4, -0.2) is 25.5 Å². The van der Waals surface area contributed by atoms with Gasteiger partial charge in [-0.15, -0.1) is 0 Å². The zero-order chi connectivity index (χ0) is 19.0. The molecule has 0 bridgehead atoms. The highest BCUT2D eigenvalue weighted by atomic mass is 32.2. The Morgan fingerprint density at radius 3 is 2.63 bits per heavy atom. The number of pyridine rings is 1. The number of benzene rings is 1. The molecule has 142 valence electrons. The molecule has 6 nitrogen and oxygen atoms in total. The highest BCUT2D eigenvalue weighted by Crippen LogP contribution is 2.38. The highest BCUT2D eigenvalue weighted by molar-refractivity contribution is 7.97. The number of aromatic nitrogens is 3. The number of aromatic amines is 1. The van der Waals surface area contributed by atoms with Crippen molar-refractivity contribution in [3.05, 3.63) is 46.9 Å². The molecule has 1 aliphatic carbocycles. The van der Waals surface area contributed by atoms with Gasteiger partial charge in [0.05, 0.1) is 22.5 Å². The fraction of sp³-hybridized carbons (Fsp3) is 0.400. The Labute approximate surface area is 161 Å². The molecule has 1 fully saturated rings. The first-order chi connectivity index (χ1) is 13.0. The number of rotatable bonds is 4. The first-order valence-corrected chi connectivity index (χ1v) is 10.2. The van der Waals surface area contributed by atoms with Crippen LogP contribution >= 0.6 is 11.9 Å². The minimum absolute atomic E-state index is 0.133. The third-order valence-corrected chi connectivity index (χ3v) is 6.33. The molecule has 0 radical (unpaired) electrons. The Hall–Kier alpha value is -2.09. The predicted octanol–water partition coefficient (Wildman–Crippen LogP) is 3.61. The fourth-order valence-corrected chi connectivity index (χ4v) is 4.30. The van der Waals surface area contributed by atoms with Crippen molar-refractivity contribution < 1.29 is 5.11 Å². The zero-order valence-corrected chi connectivity index (χ0v) is 16.1. The maximum atomic E-state index is 12.6. The minimum atomic E-state index is -0.560. The third-order valence-electron chi connectivity index (χ3n) is 5.78. The number of H-pyrrole nitrogens is 1. The highest BCUT2D eigenvalue weighted by Gasteiger charge is 2.33. The van der Waals surface area contributed by atoms with Crippen molar-refractivity contribution >= 4 is 22.9 Å². The summed E-state index contributed by atoms with van der Waals surface area (Å²) >= 11 is 1.19. The quantitative estimate of drug-likeness (QED) is 0.597. The molecule has 7 heteroatoms. The number of fused-ring (bicyclic) bond motifs is 1. The second-order valence-corrected chi connectivity index (χ2v) is 8.02. The number of nitrogens with two attached hydrogens (primary N) is 1. The summed E-state index contributed by atoms with van der Waals surface area (Å²) in [7, 11) is 0. The molecule has 0 aliphatic heterocycles. The van der Waals surface area contributed by atoms with Crippen molar-refractivity contribution in [2.24, 2.45) is 5.14 Å². The lowest BCUT2D eigenvalue weighted by Gasteiger charge is -2.35. The summed E-state index contributed by atoms with van der Waals surface area (Å²) < 4.78 is 1.99. The van der Waals surface area contributed by atoms with Crippen LogP contribution in [0.2, 0.25) is 0 Å². The van der Waals surface area contributed by atoms with Gasteiger partial charge < -0.3 is 10.1 Å². The van der Waals surface area contributed by atoms with Gasteiger partial charge in [-0.2, -0.15) is 5.10 Å². The summed E-state index contributed by atoms with van der Waals surface area (Å²) in [4.78, 5) is 16.3. The van der Waals surface area contributed by atoms with E-state index in [0.29, 0.717) is 11.1 Å². The molecular formula is C20H24N4O2S. The first-order valence-electron chi connectivity index (χ1n) is 9.34. The molecule has 27 heavy (non-hydrogen) atoms. The van der Waals surface area contributed by atoms with Gasteiger partial charge in [0.1, 0.15) is 5.69 Å². The molecule has 0 amide bonds. The molecule has 2 heterocycles. The van der Waals surface area contributed by atoms with Gasteiger partial charge in [-0.3, -0.25) is 14.6 Å². The molecule has 0 saturated heterocycles. The Balaban J connectivity index is 1.79. The average molecular weight is 385 g/mol. The predicted molar refractivity (Wildman–Crippen MR) is 109 cm³/mol. The van der Waals surface area contributed by atoms with E-state index in [1.54, 1.807) is 6.20 Å². The minimum Gasteiger partial charge on any atom is -0.390 e. The molecule has 4 rings (SSSR count). The van der Waals surface area contributed by atoms with Crippen LogP contribution in [0.5, 0.6) is 0 Å². The molecular weight excluding hydrogens is 360 g/mol. The molecule has 2 aromatic heterocycles. The van der Waals surface area contributed by atoms with Crippen LogP contribution in [0.1, 0.15) is 45.1 Å². The summed E-state index contributed by atoms with van der Waals surface area (Å²) in [5.41, 5.74) is 1.74. The van der Waals surface area contributed by atoms with Gasteiger partial charge in [0.2, 0.25) is 0 Å². The van der Waals surface area contributed by atoms with E-state index in [1.165, 1.54) is 11.9 Å². The summed E-state index contributed by atoms with van der Waals surface area (Å²) in [5.74, 6) is 0. The average Bonchev–Trinajstić information content (AvgIpc) is 3.10. The molecule has 4 N–H and O–H groups in total. The molecule has 3 aromatic rings. The van der Waals surface area contributed by atoms with E-state index in [9.17, 15) is 9.90 Å². The second kappa shape index (κ2) is 7.14. The van der Waals surface area contributed by atoms with Crippen LogP contribution in [0.25, 0.3) is 22.2 Å². The Bertz CT molecular complexity index is 1000. The van der Waals surface area contributed by atoms with E-state index in [1.807, 2.05) is 41.9 Å². The van der Waals surface area contributed by atoms with Crippen molar-refractivity contribution in [3.8, 4) is 11.3 Å². The van der Waals surface area contributed by atoms with Gasteiger partial charge in [-0.25, -0.2) is 0 Å². The largest absolute Gasteiger partial charge is 0.390 e. The molecule has 0 unspecified atom stereocenters. The summed E-state index contributed by atoms with van der Waals surface area (Å²) in [6.45, 7) is 2.03. The Kier molecular flexibility index (Phi) is 4.84. The lowest BCUT2D eigenvalue weighted by molar-refractivity contribution is -0.0114. The number of hydrogen-bond donors (Lipinski definition) is 3. The molecule has 0 atom stereocenters. The lowest BCUT2D eigenvalue weighted by Crippen LogP contribution is -2.34. The summed E-state index contributed by atoms with van der Waals surface area (Å²) in [6.07, 6.45) is 5.68. The van der Waals surface area contributed by atoms with E-state index < -0.39 is 5.60 Å². The Morgan fingerprint density at radius 2 is 2.00 bits per heavy atom. The number of aliphatic hydroxyl groups is 1. The van der Waals surface area contributed by atoms with E-state index in [0.717, 1.165) is 48.1 Å². The Morgan fingerprint density at radius 1 is 1.30 bits per heavy atom.